The van der Waals surface area contributed by atoms with Crippen molar-refractivity contribution in [2.24, 2.45) is 0 Å². The molecule has 0 unspecified atom stereocenters. The number of aromatic nitrogens is 1. The monoisotopic (exact) mass is 342 g/mol. The largest absolute Gasteiger partial charge is 0.477 e. The van der Waals surface area contributed by atoms with Crippen LogP contribution in [-0.4, -0.2) is 65.9 Å². The summed E-state index contributed by atoms with van der Waals surface area (Å²) in [5.41, 5.74) is -0.663. The van der Waals surface area contributed by atoms with Crippen molar-refractivity contribution in [3.05, 3.63) is 4.88 Å². The molecule has 1 amide bonds. The molecule has 1 aliphatic rings. The lowest BCUT2D eigenvalue weighted by Gasteiger charge is -2.32. The number of anilines is 2. The fourth-order valence-corrected chi connectivity index (χ4v) is 2.98. The Morgan fingerprint density at radius 3 is 2.39 bits per heavy atom. The van der Waals surface area contributed by atoms with Crippen molar-refractivity contribution in [3.8, 4) is 0 Å². The lowest BCUT2D eigenvalue weighted by molar-refractivity contribution is 0.0635. The summed E-state index contributed by atoms with van der Waals surface area (Å²) in [4.78, 5) is 31.7. The summed E-state index contributed by atoms with van der Waals surface area (Å²) in [6.45, 7) is 8.53. The van der Waals surface area contributed by atoms with Gasteiger partial charge in [0.05, 0.1) is 0 Å². The Hall–Kier alpha value is -1.87. The van der Waals surface area contributed by atoms with E-state index in [1.54, 1.807) is 20.8 Å². The molecule has 0 bridgehead atoms. The molecule has 2 rings (SSSR count). The van der Waals surface area contributed by atoms with E-state index in [1.165, 1.54) is 0 Å². The van der Waals surface area contributed by atoms with Crippen molar-refractivity contribution in [2.75, 3.05) is 43.4 Å². The van der Waals surface area contributed by atoms with Gasteiger partial charge in [0.2, 0.25) is 0 Å². The minimum Gasteiger partial charge on any atom is -0.477 e. The molecule has 0 aromatic carbocycles. The summed E-state index contributed by atoms with van der Waals surface area (Å²) < 4.78 is 5.15. The second kappa shape index (κ2) is 6.71. The first-order valence-electron chi connectivity index (χ1n) is 7.33. The number of carbonyl (C=O) groups excluding carboxylic acids is 1. The highest BCUT2D eigenvalue weighted by Gasteiger charge is 2.25. The van der Waals surface area contributed by atoms with Gasteiger partial charge in [0.1, 0.15) is 5.60 Å². The maximum atomic E-state index is 11.8. The number of piperazine rings is 1. The smallest absolute Gasteiger partial charge is 0.413 e. The summed E-state index contributed by atoms with van der Waals surface area (Å²) in [5, 5.41) is 12.4. The maximum absolute atomic E-state index is 11.8. The molecule has 2 N–H and O–H groups in total. The zero-order valence-electron chi connectivity index (χ0n) is 13.8. The number of nitrogens with one attached hydrogen (secondary N) is 1. The Bertz CT molecular complexity index is 588. The first-order valence-corrected chi connectivity index (χ1v) is 8.15. The first-order chi connectivity index (χ1) is 10.7. The summed E-state index contributed by atoms with van der Waals surface area (Å²) in [6, 6.07) is 0. The van der Waals surface area contributed by atoms with Crippen LogP contribution in [0, 0.1) is 0 Å². The van der Waals surface area contributed by atoms with Gasteiger partial charge in [0.25, 0.3) is 0 Å². The number of hydrogen-bond donors (Lipinski definition) is 2. The molecule has 0 saturated carbocycles. The van der Waals surface area contributed by atoms with Gasteiger partial charge in [-0.1, -0.05) is 11.3 Å². The summed E-state index contributed by atoms with van der Waals surface area (Å²) >= 11 is 1.06. The van der Waals surface area contributed by atoms with E-state index >= 15 is 0 Å². The molecule has 23 heavy (non-hydrogen) atoms. The Balaban J connectivity index is 2.15. The molecule has 128 valence electrons. The maximum Gasteiger partial charge on any atom is 0.413 e. The SMILES string of the molecule is CN1CCN(c2nc(NC(=O)OC(C)(C)C)c(C(=O)O)s2)CC1. The fraction of sp³-hybridized carbons (Fsp3) is 0.643. The zero-order chi connectivity index (χ0) is 17.2. The summed E-state index contributed by atoms with van der Waals surface area (Å²) in [7, 11) is 2.04. The third-order valence-electron chi connectivity index (χ3n) is 3.20. The number of rotatable bonds is 3. The van der Waals surface area contributed by atoms with Crippen LogP contribution in [0.25, 0.3) is 0 Å². The Morgan fingerprint density at radius 1 is 1.26 bits per heavy atom. The molecule has 1 saturated heterocycles. The minimum atomic E-state index is -1.12. The van der Waals surface area contributed by atoms with Crippen LogP contribution in [-0.2, 0) is 4.74 Å². The molecule has 0 radical (unpaired) electrons. The van der Waals surface area contributed by atoms with Gasteiger partial charge in [-0.25, -0.2) is 14.6 Å². The van der Waals surface area contributed by atoms with Crippen LogP contribution in [0.15, 0.2) is 0 Å². The predicted molar refractivity (Wildman–Crippen MR) is 88.6 cm³/mol. The van der Waals surface area contributed by atoms with Gasteiger partial charge >= 0.3 is 12.1 Å². The van der Waals surface area contributed by atoms with Gasteiger partial charge in [-0.15, -0.1) is 0 Å². The number of carbonyl (C=O) groups is 2. The number of ether oxygens (including phenoxy) is 1. The standard InChI is InChI=1S/C14H22N4O4S/c1-14(2,3)22-13(21)16-10-9(11(19)20)23-12(15-10)18-7-5-17(4)6-8-18/h5-8H2,1-4H3,(H,16,21)(H,19,20). The van der Waals surface area contributed by atoms with E-state index in [-0.39, 0.29) is 10.7 Å². The van der Waals surface area contributed by atoms with E-state index in [2.05, 4.69) is 15.2 Å². The number of carboxylic acid groups (broad SMARTS) is 1. The van der Waals surface area contributed by atoms with E-state index in [4.69, 9.17) is 4.74 Å². The lowest BCUT2D eigenvalue weighted by Crippen LogP contribution is -2.44. The Morgan fingerprint density at radius 2 is 1.87 bits per heavy atom. The molecule has 0 spiro atoms. The minimum absolute atomic E-state index is 0.00443. The molecule has 2 heterocycles. The summed E-state index contributed by atoms with van der Waals surface area (Å²) in [5.74, 6) is -1.08. The molecule has 8 nitrogen and oxygen atoms in total. The average Bonchev–Trinajstić information content (AvgIpc) is 2.81. The highest BCUT2D eigenvalue weighted by molar-refractivity contribution is 7.18. The van der Waals surface area contributed by atoms with E-state index in [1.807, 2.05) is 11.9 Å². The van der Waals surface area contributed by atoms with Gasteiger partial charge in [-0.05, 0) is 27.8 Å². The molecule has 0 aliphatic carbocycles. The predicted octanol–water partition coefficient (Wildman–Crippen LogP) is 1.94. The van der Waals surface area contributed by atoms with Crippen LogP contribution in [0.2, 0.25) is 0 Å². The number of likely N-dealkylation sites (N-methyl/N-ethyl adjacent to an activating group) is 1. The van der Waals surface area contributed by atoms with Crippen molar-refractivity contribution in [1.29, 1.82) is 0 Å². The Labute approximate surface area is 139 Å². The van der Waals surface area contributed by atoms with Crippen molar-refractivity contribution < 1.29 is 19.4 Å². The molecule has 9 heteroatoms. The van der Waals surface area contributed by atoms with Gasteiger partial charge < -0.3 is 19.6 Å². The lowest BCUT2D eigenvalue weighted by atomic mass is 10.2. The molecule has 1 aromatic rings. The van der Waals surface area contributed by atoms with Gasteiger partial charge in [-0.2, -0.15) is 0 Å². The fourth-order valence-electron chi connectivity index (χ4n) is 2.07. The molecule has 1 aliphatic heterocycles. The normalized spacial score (nSPS) is 16.3. The molecular weight excluding hydrogens is 320 g/mol. The highest BCUT2D eigenvalue weighted by atomic mass is 32.1. The van der Waals surface area contributed by atoms with Crippen molar-refractivity contribution in [3.63, 3.8) is 0 Å². The molecule has 0 atom stereocenters. The van der Waals surface area contributed by atoms with Crippen LogP contribution in [0.4, 0.5) is 15.7 Å². The quantitative estimate of drug-likeness (QED) is 0.866. The number of thiazole rings is 1. The topological polar surface area (TPSA) is 95.0 Å². The van der Waals surface area contributed by atoms with Crippen molar-refractivity contribution >= 4 is 34.3 Å². The van der Waals surface area contributed by atoms with Gasteiger partial charge in [0, 0.05) is 26.2 Å². The Kier molecular flexibility index (Phi) is 5.10. The number of hydrogen-bond acceptors (Lipinski definition) is 7. The van der Waals surface area contributed by atoms with Crippen LogP contribution in [0.3, 0.4) is 0 Å². The number of amides is 1. The second-order valence-electron chi connectivity index (χ2n) is 6.40. The number of nitrogens with zero attached hydrogens (tertiary/aromatic N) is 3. The van der Waals surface area contributed by atoms with Crippen LogP contribution < -0.4 is 10.2 Å². The second-order valence-corrected chi connectivity index (χ2v) is 7.37. The highest BCUT2D eigenvalue weighted by Crippen LogP contribution is 2.30. The van der Waals surface area contributed by atoms with Crippen LogP contribution in [0.1, 0.15) is 30.4 Å². The molecular formula is C14H22N4O4S. The van der Waals surface area contributed by atoms with E-state index in [9.17, 15) is 14.7 Å². The molecule has 1 fully saturated rings. The van der Waals surface area contributed by atoms with Gasteiger partial charge in [0.15, 0.2) is 15.8 Å². The van der Waals surface area contributed by atoms with Crippen molar-refractivity contribution in [1.82, 2.24) is 9.88 Å². The van der Waals surface area contributed by atoms with E-state index in [0.717, 1.165) is 37.5 Å². The third-order valence-corrected chi connectivity index (χ3v) is 4.31. The molecule has 1 aromatic heterocycles. The van der Waals surface area contributed by atoms with E-state index < -0.39 is 17.7 Å². The van der Waals surface area contributed by atoms with Crippen LogP contribution in [0.5, 0.6) is 0 Å². The first kappa shape index (κ1) is 17.5. The number of aromatic carboxylic acids is 1. The summed E-state index contributed by atoms with van der Waals surface area (Å²) in [6.07, 6.45) is -0.713. The number of carboxylic acids is 1. The van der Waals surface area contributed by atoms with Gasteiger partial charge in [-0.3, -0.25) is 5.32 Å². The van der Waals surface area contributed by atoms with Crippen molar-refractivity contribution in [2.45, 2.75) is 26.4 Å². The average molecular weight is 342 g/mol. The third kappa shape index (κ3) is 4.80. The van der Waals surface area contributed by atoms with E-state index in [0.29, 0.717) is 5.13 Å². The van der Waals surface area contributed by atoms with Crippen LogP contribution >= 0.6 is 11.3 Å². The zero-order valence-corrected chi connectivity index (χ0v) is 14.6.